The van der Waals surface area contributed by atoms with Gasteiger partial charge in [-0.25, -0.2) is 0 Å². The Kier molecular flexibility index (Phi) is 12.4. The predicted molar refractivity (Wildman–Crippen MR) is 68.4 cm³/mol. The van der Waals surface area contributed by atoms with Gasteiger partial charge in [0.25, 0.3) is 0 Å². The topological polar surface area (TPSA) is 127 Å². The van der Waals surface area contributed by atoms with Gasteiger partial charge in [-0.05, 0) is 20.9 Å². The Hall–Kier alpha value is -0.960. The number of carbonyl (C=O) groups excluding carboxylic acids is 4. The maximum atomic E-state index is 11.8. The van der Waals surface area contributed by atoms with Gasteiger partial charge in [0.2, 0.25) is 11.8 Å². The molecule has 0 radical (unpaired) electrons. The van der Waals surface area contributed by atoms with E-state index in [1.807, 2.05) is 0 Å². The average molecular weight is 309 g/mol. The van der Waals surface area contributed by atoms with Crippen LogP contribution in [-0.2, 0) is 19.2 Å². The van der Waals surface area contributed by atoms with Crippen LogP contribution in [0.5, 0.6) is 0 Å². The van der Waals surface area contributed by atoms with Crippen molar-refractivity contribution in [3.05, 3.63) is 0 Å². The van der Waals surface area contributed by atoms with E-state index in [9.17, 15) is 24.3 Å². The maximum absolute atomic E-state index is 11.8. The molecule has 0 aromatic rings. The van der Waals surface area contributed by atoms with Gasteiger partial charge in [0, 0.05) is 18.9 Å². The molecule has 8 nitrogen and oxygen atoms in total. The van der Waals surface area contributed by atoms with Crippen LogP contribution in [0.3, 0.4) is 0 Å². The van der Waals surface area contributed by atoms with Crippen LogP contribution in [-0.4, -0.2) is 49.2 Å². The third kappa shape index (κ3) is 9.57. The molecule has 0 fully saturated rings. The predicted octanol–water partition coefficient (Wildman–Crippen LogP) is -5.68. The molecule has 0 spiro atoms. The first kappa shape index (κ1) is 22.3. The summed E-state index contributed by atoms with van der Waals surface area (Å²) in [5, 5.41) is 17.9. The Balaban J connectivity index is 0. The van der Waals surface area contributed by atoms with Gasteiger partial charge in [-0.1, -0.05) is 0 Å². The molecule has 21 heavy (non-hydrogen) atoms. The first-order valence-corrected chi connectivity index (χ1v) is 6.26. The number of aliphatic carboxylic acids is 1. The number of amides is 2. The molecule has 114 valence electrons. The van der Waals surface area contributed by atoms with Crippen LogP contribution in [0.15, 0.2) is 0 Å². The summed E-state index contributed by atoms with van der Waals surface area (Å²) in [4.78, 5) is 45.1. The Morgan fingerprint density at radius 3 is 2.05 bits per heavy atom. The molecule has 0 bridgehead atoms. The van der Waals surface area contributed by atoms with E-state index in [4.69, 9.17) is 0 Å². The zero-order valence-electron chi connectivity index (χ0n) is 12.8. The fourth-order valence-corrected chi connectivity index (χ4v) is 1.52. The molecule has 9 heteroatoms. The molecule has 0 rings (SSSR count). The smallest absolute Gasteiger partial charge is 0.550 e. The van der Waals surface area contributed by atoms with Gasteiger partial charge >= 0.3 is 29.6 Å². The molecule has 0 saturated heterocycles. The van der Waals surface area contributed by atoms with Crippen molar-refractivity contribution in [1.29, 1.82) is 0 Å². The summed E-state index contributed by atoms with van der Waals surface area (Å²) in [7, 11) is 1.42. The largest absolute Gasteiger partial charge is 1.00 e. The van der Waals surface area contributed by atoms with Crippen LogP contribution in [0.25, 0.3) is 0 Å². The number of rotatable bonds is 9. The van der Waals surface area contributed by atoms with Crippen LogP contribution in [0.4, 0.5) is 0 Å². The molecule has 0 heterocycles. The van der Waals surface area contributed by atoms with Crippen molar-refractivity contribution in [2.24, 2.45) is 0 Å². The summed E-state index contributed by atoms with van der Waals surface area (Å²) in [6, 6.07) is -2.00. The summed E-state index contributed by atoms with van der Waals surface area (Å²) in [5.41, 5.74) is 0. The van der Waals surface area contributed by atoms with Gasteiger partial charge in [0.1, 0.15) is 0 Å². The maximum Gasteiger partial charge on any atom is 1.00 e. The van der Waals surface area contributed by atoms with Crippen molar-refractivity contribution in [2.75, 3.05) is 13.6 Å². The number of Topliss-reactive ketones (excluding diaryl/α,β-unsaturated/α-hetero) is 1. The minimum atomic E-state index is -1.39. The summed E-state index contributed by atoms with van der Waals surface area (Å²) < 4.78 is 0. The quantitative estimate of drug-likeness (QED) is 0.364. The zero-order chi connectivity index (χ0) is 15.7. The third-order valence-corrected chi connectivity index (χ3v) is 2.61. The Morgan fingerprint density at radius 1 is 1.10 bits per heavy atom. The van der Waals surface area contributed by atoms with Crippen LogP contribution in [0, 0.1) is 0 Å². The van der Waals surface area contributed by atoms with E-state index in [1.54, 1.807) is 6.92 Å². The van der Waals surface area contributed by atoms with Gasteiger partial charge in [-0.3, -0.25) is 14.4 Å². The van der Waals surface area contributed by atoms with E-state index in [2.05, 4.69) is 16.0 Å². The fraction of sp³-hybridized carbons (Fsp3) is 0.667. The number of nitrogens with one attached hydrogen (secondary N) is 3. The van der Waals surface area contributed by atoms with Crippen molar-refractivity contribution in [3.8, 4) is 0 Å². The molecule has 0 saturated carbocycles. The molecule has 0 aliphatic carbocycles. The molecule has 0 aliphatic heterocycles. The number of carboxylic acid groups (broad SMARTS) is 1. The van der Waals surface area contributed by atoms with Gasteiger partial charge < -0.3 is 25.9 Å². The number of carbonyl (C=O) groups is 4. The molecule has 0 aromatic carbocycles. The number of hydrogen-bond acceptors (Lipinski definition) is 6. The molecule has 2 unspecified atom stereocenters. The molecule has 3 N–H and O–H groups in total. The Morgan fingerprint density at radius 2 is 1.67 bits per heavy atom. The van der Waals surface area contributed by atoms with Crippen LogP contribution < -0.4 is 50.6 Å². The van der Waals surface area contributed by atoms with Crippen molar-refractivity contribution >= 4 is 23.6 Å². The first-order chi connectivity index (χ1) is 9.31. The Bertz CT molecular complexity index is 389. The normalized spacial score (nSPS) is 12.5. The number of carboxylic acids is 1. The minimum Gasteiger partial charge on any atom is -0.550 e. The molecule has 0 aromatic heterocycles. The second-order valence-electron chi connectivity index (χ2n) is 4.25. The molecular formula is C12H20N3NaO5. The van der Waals surface area contributed by atoms with Crippen molar-refractivity contribution in [3.63, 3.8) is 0 Å². The fourth-order valence-electron chi connectivity index (χ4n) is 1.52. The van der Waals surface area contributed by atoms with Crippen molar-refractivity contribution in [2.45, 2.75) is 38.8 Å². The molecular weight excluding hydrogens is 289 g/mol. The van der Waals surface area contributed by atoms with E-state index >= 15 is 0 Å². The van der Waals surface area contributed by atoms with Crippen LogP contribution in [0.2, 0.25) is 0 Å². The van der Waals surface area contributed by atoms with Crippen LogP contribution in [0.1, 0.15) is 26.7 Å². The number of hydrogen-bond donors (Lipinski definition) is 3. The second kappa shape index (κ2) is 11.7. The molecule has 2 atom stereocenters. The third-order valence-electron chi connectivity index (χ3n) is 2.61. The van der Waals surface area contributed by atoms with Crippen molar-refractivity contribution in [1.82, 2.24) is 16.0 Å². The minimum absolute atomic E-state index is 0. The van der Waals surface area contributed by atoms with Gasteiger partial charge in [0.15, 0.2) is 5.78 Å². The summed E-state index contributed by atoms with van der Waals surface area (Å²) in [5.74, 6) is -2.80. The van der Waals surface area contributed by atoms with Crippen molar-refractivity contribution < 1.29 is 53.8 Å². The van der Waals surface area contributed by atoms with E-state index in [1.165, 1.54) is 14.0 Å². The molecule has 2 amide bonds. The van der Waals surface area contributed by atoms with Crippen LogP contribution >= 0.6 is 0 Å². The summed E-state index contributed by atoms with van der Waals surface area (Å²) in [6.45, 7) is 3.40. The number of ketones is 1. The zero-order valence-corrected chi connectivity index (χ0v) is 14.8. The number of likely N-dealkylation sites (N-methyl/N-ethyl adjacent to an activating group) is 1. The SMILES string of the molecule is CCNC(=O)CC(NC(=O)C(CC(=O)[O-])NC)C(C)=O.[Na+]. The van der Waals surface area contributed by atoms with E-state index < -0.39 is 30.4 Å². The second-order valence-corrected chi connectivity index (χ2v) is 4.25. The van der Waals surface area contributed by atoms with E-state index in [-0.39, 0.29) is 47.7 Å². The molecule has 0 aliphatic rings. The summed E-state index contributed by atoms with van der Waals surface area (Å²) >= 11 is 0. The summed E-state index contributed by atoms with van der Waals surface area (Å²) in [6.07, 6.45) is -0.704. The Labute approximate surface area is 145 Å². The van der Waals surface area contributed by atoms with Gasteiger partial charge in [-0.15, -0.1) is 0 Å². The van der Waals surface area contributed by atoms with Gasteiger partial charge in [-0.2, -0.15) is 0 Å². The monoisotopic (exact) mass is 309 g/mol. The van der Waals surface area contributed by atoms with Gasteiger partial charge in [0.05, 0.1) is 18.5 Å². The first-order valence-electron chi connectivity index (χ1n) is 6.26. The van der Waals surface area contributed by atoms with E-state index in [0.717, 1.165) is 0 Å². The standard InChI is InChI=1S/C12H21N3O5.Na/c1-4-14-10(17)5-8(7(2)16)15-12(20)9(13-3)6-11(18)19;/h8-9,13H,4-6H2,1-3H3,(H,14,17)(H,15,20)(H,18,19);/q;+1/p-1. The average Bonchev–Trinajstić information content (AvgIpc) is 2.34. The van der Waals surface area contributed by atoms with E-state index in [0.29, 0.717) is 6.54 Å².